The Morgan fingerprint density at radius 2 is 2.17 bits per heavy atom. The molecule has 0 aromatic carbocycles. The highest BCUT2D eigenvalue weighted by Gasteiger charge is 2.24. The Bertz CT molecular complexity index is 137. The second-order valence-corrected chi connectivity index (χ2v) is 3.06. The number of nitrogens with one attached hydrogen (secondary N) is 1. The van der Waals surface area contributed by atoms with Crippen LogP contribution in [0.25, 0.3) is 0 Å². The van der Waals surface area contributed by atoms with Gasteiger partial charge in [0.1, 0.15) is 0 Å². The quantitative estimate of drug-likeness (QED) is 0.644. The maximum Gasteiger partial charge on any atom is 0.223 e. The molecule has 3 nitrogen and oxygen atoms in total. The van der Waals surface area contributed by atoms with Gasteiger partial charge in [-0.2, -0.15) is 0 Å². The van der Waals surface area contributed by atoms with Gasteiger partial charge in [0.25, 0.3) is 0 Å². The van der Waals surface area contributed by atoms with Gasteiger partial charge in [-0.3, -0.25) is 4.79 Å². The fraction of sp³-hybridized carbons (Fsp3) is 0.875. The summed E-state index contributed by atoms with van der Waals surface area (Å²) in [5.74, 6) is 0.539. The molecule has 4 heteroatoms. The van der Waals surface area contributed by atoms with Crippen molar-refractivity contribution in [3.63, 3.8) is 0 Å². The molecule has 1 amide bonds. The van der Waals surface area contributed by atoms with Crippen molar-refractivity contribution in [2.75, 3.05) is 13.1 Å². The Morgan fingerprint density at radius 3 is 2.58 bits per heavy atom. The predicted octanol–water partition coefficient (Wildman–Crippen LogP) is 0.673. The summed E-state index contributed by atoms with van der Waals surface area (Å²) in [4.78, 5) is 11.1. The Kier molecular flexibility index (Phi) is 6.11. The molecule has 0 bridgehead atoms. The number of nitrogens with two attached hydrogens (primary N) is 1. The van der Waals surface area contributed by atoms with Crippen LogP contribution in [0.5, 0.6) is 0 Å². The van der Waals surface area contributed by atoms with Gasteiger partial charge >= 0.3 is 0 Å². The lowest BCUT2D eigenvalue weighted by molar-refractivity contribution is -0.127. The Labute approximate surface area is 79.5 Å². The maximum atomic E-state index is 11.1. The molecule has 0 aliphatic heterocycles. The number of carbonyl (C=O) groups is 1. The van der Waals surface area contributed by atoms with Crippen molar-refractivity contribution in [2.45, 2.75) is 25.7 Å². The molecule has 1 rings (SSSR count). The molecule has 0 saturated heterocycles. The minimum Gasteiger partial charge on any atom is -0.356 e. The third kappa shape index (κ3) is 3.41. The van der Waals surface area contributed by atoms with Crippen LogP contribution in [0.4, 0.5) is 0 Å². The normalized spacial score (nSPS) is 16.1. The van der Waals surface area contributed by atoms with Gasteiger partial charge in [0.2, 0.25) is 5.91 Å². The van der Waals surface area contributed by atoms with Gasteiger partial charge in [-0.05, 0) is 25.8 Å². The van der Waals surface area contributed by atoms with Gasteiger partial charge in [-0.25, -0.2) is 0 Å². The molecule has 0 unspecified atom stereocenters. The van der Waals surface area contributed by atoms with E-state index in [9.17, 15) is 4.79 Å². The summed E-state index contributed by atoms with van der Waals surface area (Å²) < 4.78 is 0. The van der Waals surface area contributed by atoms with Gasteiger partial charge in [-0.15, -0.1) is 12.4 Å². The van der Waals surface area contributed by atoms with Gasteiger partial charge in [0.05, 0.1) is 0 Å². The van der Waals surface area contributed by atoms with Crippen molar-refractivity contribution >= 4 is 18.3 Å². The van der Waals surface area contributed by atoms with Gasteiger partial charge in [0.15, 0.2) is 0 Å². The first-order valence-electron chi connectivity index (χ1n) is 4.32. The number of carbonyl (C=O) groups excluding carboxylic acids is 1. The Hall–Kier alpha value is -0.280. The second-order valence-electron chi connectivity index (χ2n) is 3.06. The van der Waals surface area contributed by atoms with Crippen LogP contribution < -0.4 is 11.1 Å². The third-order valence-corrected chi connectivity index (χ3v) is 2.16. The number of rotatable bonds is 4. The minimum absolute atomic E-state index is 0. The van der Waals surface area contributed by atoms with Crippen molar-refractivity contribution in [2.24, 2.45) is 11.7 Å². The van der Waals surface area contributed by atoms with E-state index < -0.39 is 0 Å². The molecule has 0 spiro atoms. The van der Waals surface area contributed by atoms with Crippen molar-refractivity contribution in [1.82, 2.24) is 5.32 Å². The first-order valence-corrected chi connectivity index (χ1v) is 4.32. The van der Waals surface area contributed by atoms with Gasteiger partial charge in [0, 0.05) is 12.5 Å². The molecule has 1 aliphatic rings. The van der Waals surface area contributed by atoms with E-state index in [1.807, 2.05) is 0 Å². The molecule has 0 aromatic heterocycles. The fourth-order valence-electron chi connectivity index (χ4n) is 1.13. The molecule has 1 aliphatic carbocycles. The molecule has 1 saturated carbocycles. The van der Waals surface area contributed by atoms with Crippen molar-refractivity contribution in [3.8, 4) is 0 Å². The van der Waals surface area contributed by atoms with Gasteiger partial charge in [-0.1, -0.05) is 6.42 Å². The van der Waals surface area contributed by atoms with Crippen LogP contribution in [0.3, 0.4) is 0 Å². The van der Waals surface area contributed by atoms with E-state index in [0.29, 0.717) is 12.5 Å². The van der Waals surface area contributed by atoms with E-state index in [1.54, 1.807) is 0 Å². The van der Waals surface area contributed by atoms with E-state index in [0.717, 1.165) is 25.8 Å². The summed E-state index contributed by atoms with van der Waals surface area (Å²) in [5.41, 5.74) is 5.29. The number of hydrogen-bond acceptors (Lipinski definition) is 2. The second kappa shape index (κ2) is 6.26. The molecule has 72 valence electrons. The molecule has 0 atom stereocenters. The monoisotopic (exact) mass is 192 g/mol. The van der Waals surface area contributed by atoms with Crippen LogP contribution in [0, 0.1) is 5.92 Å². The van der Waals surface area contributed by atoms with E-state index >= 15 is 0 Å². The van der Waals surface area contributed by atoms with E-state index in [2.05, 4.69) is 5.32 Å². The van der Waals surface area contributed by atoms with Crippen molar-refractivity contribution < 1.29 is 4.79 Å². The lowest BCUT2D eigenvalue weighted by atomic mass is 9.85. The Balaban J connectivity index is 0.00000121. The lowest BCUT2D eigenvalue weighted by Crippen LogP contribution is -2.35. The number of amides is 1. The van der Waals surface area contributed by atoms with Crippen molar-refractivity contribution in [3.05, 3.63) is 0 Å². The molecular formula is C8H17ClN2O. The first-order chi connectivity index (χ1) is 5.34. The highest BCUT2D eigenvalue weighted by Crippen LogP contribution is 2.25. The van der Waals surface area contributed by atoms with E-state index in [-0.39, 0.29) is 18.3 Å². The summed E-state index contributed by atoms with van der Waals surface area (Å²) in [6, 6.07) is 0. The summed E-state index contributed by atoms with van der Waals surface area (Å²) in [6.07, 6.45) is 4.26. The summed E-state index contributed by atoms with van der Waals surface area (Å²) in [5, 5.41) is 2.87. The highest BCUT2D eigenvalue weighted by molar-refractivity contribution is 5.85. The predicted molar refractivity (Wildman–Crippen MR) is 51.3 cm³/mol. The van der Waals surface area contributed by atoms with Crippen LogP contribution in [0.2, 0.25) is 0 Å². The standard InChI is InChI=1S/C8H16N2O.ClH/c9-5-2-6-10-8(11)7-3-1-4-7;/h7H,1-6,9H2,(H,10,11);1H. The molecule has 0 radical (unpaired) electrons. The summed E-state index contributed by atoms with van der Waals surface area (Å²) >= 11 is 0. The van der Waals surface area contributed by atoms with Crippen LogP contribution >= 0.6 is 12.4 Å². The SMILES string of the molecule is Cl.NCCCNC(=O)C1CCC1. The average Bonchev–Trinajstić information content (AvgIpc) is 1.84. The van der Waals surface area contributed by atoms with Crippen molar-refractivity contribution in [1.29, 1.82) is 0 Å². The zero-order valence-electron chi connectivity index (χ0n) is 7.21. The summed E-state index contributed by atoms with van der Waals surface area (Å²) in [7, 11) is 0. The first kappa shape index (κ1) is 11.7. The van der Waals surface area contributed by atoms with Crippen LogP contribution in [-0.2, 0) is 4.79 Å². The molecule has 3 N–H and O–H groups in total. The molecule has 0 heterocycles. The average molecular weight is 193 g/mol. The molecule has 1 fully saturated rings. The lowest BCUT2D eigenvalue weighted by Gasteiger charge is -2.23. The molecular weight excluding hydrogens is 176 g/mol. The molecule has 12 heavy (non-hydrogen) atoms. The Morgan fingerprint density at radius 1 is 1.50 bits per heavy atom. The number of halogens is 1. The third-order valence-electron chi connectivity index (χ3n) is 2.16. The van der Waals surface area contributed by atoms with Gasteiger partial charge < -0.3 is 11.1 Å². The summed E-state index contributed by atoms with van der Waals surface area (Å²) in [6.45, 7) is 1.40. The highest BCUT2D eigenvalue weighted by atomic mass is 35.5. The smallest absolute Gasteiger partial charge is 0.223 e. The zero-order valence-corrected chi connectivity index (χ0v) is 8.03. The minimum atomic E-state index is 0. The van der Waals surface area contributed by atoms with E-state index in [1.165, 1.54) is 6.42 Å². The zero-order chi connectivity index (χ0) is 8.10. The van der Waals surface area contributed by atoms with Crippen LogP contribution in [-0.4, -0.2) is 19.0 Å². The van der Waals surface area contributed by atoms with Crippen LogP contribution in [0.15, 0.2) is 0 Å². The largest absolute Gasteiger partial charge is 0.356 e. The van der Waals surface area contributed by atoms with E-state index in [4.69, 9.17) is 5.73 Å². The molecule has 0 aromatic rings. The number of hydrogen-bond donors (Lipinski definition) is 2. The van der Waals surface area contributed by atoms with Crippen LogP contribution in [0.1, 0.15) is 25.7 Å². The fourth-order valence-corrected chi connectivity index (χ4v) is 1.13. The maximum absolute atomic E-state index is 11.1. The topological polar surface area (TPSA) is 55.1 Å².